The molecule has 128 valence electrons. The van der Waals surface area contributed by atoms with Crippen LogP contribution in [0.5, 0.6) is 0 Å². The normalized spacial score (nSPS) is 12.7. The second-order valence-electron chi connectivity index (χ2n) is 5.55. The minimum absolute atomic E-state index is 0.176. The van der Waals surface area contributed by atoms with Gasteiger partial charge in [-0.2, -0.15) is 0 Å². The first-order valence-corrected chi connectivity index (χ1v) is 9.78. The van der Waals surface area contributed by atoms with Crippen molar-refractivity contribution in [1.29, 1.82) is 0 Å². The molecule has 2 aromatic carbocycles. The van der Waals surface area contributed by atoms with Crippen LogP contribution in [0.15, 0.2) is 47.4 Å². The van der Waals surface area contributed by atoms with Crippen molar-refractivity contribution in [1.82, 2.24) is 4.90 Å². The van der Waals surface area contributed by atoms with Gasteiger partial charge in [0.15, 0.2) is 9.84 Å². The van der Waals surface area contributed by atoms with Gasteiger partial charge in [0, 0.05) is 28.9 Å². The van der Waals surface area contributed by atoms with Gasteiger partial charge in [-0.15, -0.1) is 0 Å². The van der Waals surface area contributed by atoms with E-state index in [9.17, 15) is 13.2 Å². The lowest BCUT2D eigenvalue weighted by atomic mass is 10.1. The average molecular weight is 386 g/mol. The molecule has 0 aliphatic carbocycles. The minimum atomic E-state index is -3.29. The summed E-state index contributed by atoms with van der Waals surface area (Å²) in [5.74, 6) is -0.228. The molecule has 0 N–H and O–H groups in total. The van der Waals surface area contributed by atoms with Gasteiger partial charge in [0.2, 0.25) is 0 Å². The molecule has 1 atom stereocenters. The van der Waals surface area contributed by atoms with E-state index in [0.29, 0.717) is 15.6 Å². The van der Waals surface area contributed by atoms with Crippen LogP contribution in [0.3, 0.4) is 0 Å². The lowest BCUT2D eigenvalue weighted by Crippen LogP contribution is -2.29. The molecule has 0 radical (unpaired) electrons. The standard InChI is InChI=1S/C17H17Cl2NO3S/c1-11(15-9-6-13(18)10-16(15)19)20(2)17(21)12-4-7-14(8-5-12)24(3,22)23/h4-11H,1-3H3/t11-/m1/s1. The molecular weight excluding hydrogens is 369 g/mol. The van der Waals surface area contributed by atoms with E-state index in [2.05, 4.69) is 0 Å². The van der Waals surface area contributed by atoms with E-state index in [4.69, 9.17) is 23.2 Å². The lowest BCUT2D eigenvalue weighted by molar-refractivity contribution is 0.0742. The molecule has 24 heavy (non-hydrogen) atoms. The van der Waals surface area contributed by atoms with Gasteiger partial charge in [-0.3, -0.25) is 4.79 Å². The summed E-state index contributed by atoms with van der Waals surface area (Å²) in [5, 5.41) is 1.02. The molecule has 0 aliphatic heterocycles. The maximum atomic E-state index is 12.6. The number of hydrogen-bond acceptors (Lipinski definition) is 3. The van der Waals surface area contributed by atoms with Crippen LogP contribution < -0.4 is 0 Å². The number of nitrogens with zero attached hydrogens (tertiary/aromatic N) is 1. The van der Waals surface area contributed by atoms with Crippen LogP contribution in [0.4, 0.5) is 0 Å². The van der Waals surface area contributed by atoms with E-state index in [1.165, 1.54) is 24.3 Å². The van der Waals surface area contributed by atoms with Crippen LogP contribution >= 0.6 is 23.2 Å². The van der Waals surface area contributed by atoms with Crippen molar-refractivity contribution in [3.63, 3.8) is 0 Å². The van der Waals surface area contributed by atoms with Gasteiger partial charge in [0.05, 0.1) is 10.9 Å². The Balaban J connectivity index is 2.25. The Morgan fingerprint density at radius 3 is 2.17 bits per heavy atom. The van der Waals surface area contributed by atoms with Gasteiger partial charge >= 0.3 is 0 Å². The molecule has 4 nitrogen and oxygen atoms in total. The first kappa shape index (κ1) is 18.8. The first-order chi connectivity index (χ1) is 11.1. The van der Waals surface area contributed by atoms with Gasteiger partial charge in [0.1, 0.15) is 0 Å². The Morgan fingerprint density at radius 1 is 1.08 bits per heavy atom. The third kappa shape index (κ3) is 4.09. The van der Waals surface area contributed by atoms with E-state index in [0.717, 1.165) is 11.8 Å². The molecule has 1 amide bonds. The van der Waals surface area contributed by atoms with E-state index in [1.54, 1.807) is 30.1 Å². The fourth-order valence-electron chi connectivity index (χ4n) is 2.27. The number of halogens is 2. The van der Waals surface area contributed by atoms with Gasteiger partial charge in [-0.25, -0.2) is 8.42 Å². The van der Waals surface area contributed by atoms with Crippen LogP contribution in [0.25, 0.3) is 0 Å². The molecule has 0 aromatic heterocycles. The number of amides is 1. The van der Waals surface area contributed by atoms with E-state index in [-0.39, 0.29) is 16.8 Å². The van der Waals surface area contributed by atoms with Crippen molar-refractivity contribution in [2.24, 2.45) is 0 Å². The number of carbonyl (C=O) groups is 1. The molecule has 0 saturated heterocycles. The van der Waals surface area contributed by atoms with Crippen molar-refractivity contribution >= 4 is 38.9 Å². The molecule has 0 heterocycles. The topological polar surface area (TPSA) is 54.5 Å². The Kier molecular flexibility index (Phi) is 5.58. The summed E-state index contributed by atoms with van der Waals surface area (Å²) >= 11 is 12.1. The summed E-state index contributed by atoms with van der Waals surface area (Å²) < 4.78 is 23.0. The smallest absolute Gasteiger partial charge is 0.254 e. The second-order valence-corrected chi connectivity index (χ2v) is 8.41. The molecular formula is C17H17Cl2NO3S. The largest absolute Gasteiger partial charge is 0.335 e. The molecule has 2 aromatic rings. The first-order valence-electron chi connectivity index (χ1n) is 7.13. The van der Waals surface area contributed by atoms with Gasteiger partial charge in [0.25, 0.3) is 5.91 Å². The molecule has 0 unspecified atom stereocenters. The van der Waals surface area contributed by atoms with Crippen LogP contribution in [0.1, 0.15) is 28.9 Å². The fraction of sp³-hybridized carbons (Fsp3) is 0.235. The Bertz CT molecular complexity index is 864. The zero-order chi connectivity index (χ0) is 18.1. The second kappa shape index (κ2) is 7.13. The SMILES string of the molecule is C[C@H](c1ccc(Cl)cc1Cl)N(C)C(=O)c1ccc(S(C)(=O)=O)cc1. The number of benzene rings is 2. The molecule has 0 saturated carbocycles. The molecule has 0 fully saturated rings. The predicted octanol–water partition coefficient (Wildman–Crippen LogP) is 4.23. The number of sulfone groups is 1. The summed E-state index contributed by atoms with van der Waals surface area (Å²) in [6, 6.07) is 10.7. The van der Waals surface area contributed by atoms with Crippen molar-refractivity contribution < 1.29 is 13.2 Å². The number of carbonyl (C=O) groups excluding carboxylic acids is 1. The highest BCUT2D eigenvalue weighted by atomic mass is 35.5. The third-order valence-electron chi connectivity index (χ3n) is 3.84. The summed E-state index contributed by atoms with van der Waals surface area (Å²) in [6.45, 7) is 1.86. The van der Waals surface area contributed by atoms with E-state index in [1.807, 2.05) is 6.92 Å². The highest BCUT2D eigenvalue weighted by Crippen LogP contribution is 2.29. The lowest BCUT2D eigenvalue weighted by Gasteiger charge is -2.26. The summed E-state index contributed by atoms with van der Waals surface area (Å²) in [7, 11) is -1.62. The highest BCUT2D eigenvalue weighted by molar-refractivity contribution is 7.90. The molecule has 0 aliphatic rings. The van der Waals surface area contributed by atoms with Crippen molar-refractivity contribution in [2.75, 3.05) is 13.3 Å². The molecule has 2 rings (SSSR count). The summed E-state index contributed by atoms with van der Waals surface area (Å²) in [4.78, 5) is 14.3. The molecule has 7 heteroatoms. The summed E-state index contributed by atoms with van der Waals surface area (Å²) in [5.41, 5.74) is 1.19. The fourth-order valence-corrected chi connectivity index (χ4v) is 3.47. The van der Waals surface area contributed by atoms with Crippen molar-refractivity contribution in [2.45, 2.75) is 17.9 Å². The van der Waals surface area contributed by atoms with Crippen LogP contribution in [0, 0.1) is 0 Å². The molecule has 0 bridgehead atoms. The van der Waals surface area contributed by atoms with Gasteiger partial charge < -0.3 is 4.90 Å². The minimum Gasteiger partial charge on any atom is -0.335 e. The monoisotopic (exact) mass is 385 g/mol. The van der Waals surface area contributed by atoms with Gasteiger partial charge in [-0.1, -0.05) is 29.3 Å². The Morgan fingerprint density at radius 2 is 1.67 bits per heavy atom. The van der Waals surface area contributed by atoms with Crippen LogP contribution in [-0.2, 0) is 9.84 Å². The van der Waals surface area contributed by atoms with Crippen LogP contribution in [0.2, 0.25) is 10.0 Å². The molecule has 0 spiro atoms. The quantitative estimate of drug-likeness (QED) is 0.790. The zero-order valence-corrected chi connectivity index (χ0v) is 15.8. The predicted molar refractivity (Wildman–Crippen MR) is 96.5 cm³/mol. The van der Waals surface area contributed by atoms with Crippen molar-refractivity contribution in [3.8, 4) is 0 Å². The average Bonchev–Trinajstić information content (AvgIpc) is 2.52. The van der Waals surface area contributed by atoms with E-state index < -0.39 is 9.84 Å². The van der Waals surface area contributed by atoms with E-state index >= 15 is 0 Å². The summed E-state index contributed by atoms with van der Waals surface area (Å²) in [6.07, 6.45) is 1.13. The third-order valence-corrected chi connectivity index (χ3v) is 5.53. The number of rotatable bonds is 4. The van der Waals surface area contributed by atoms with Crippen LogP contribution in [-0.4, -0.2) is 32.5 Å². The maximum Gasteiger partial charge on any atom is 0.254 e. The van der Waals surface area contributed by atoms with Gasteiger partial charge in [-0.05, 0) is 48.9 Å². The highest BCUT2D eigenvalue weighted by Gasteiger charge is 2.21. The van der Waals surface area contributed by atoms with Crippen molar-refractivity contribution in [3.05, 3.63) is 63.6 Å². The maximum absolute atomic E-state index is 12.6. The Labute approximate surface area is 151 Å². The number of hydrogen-bond donors (Lipinski definition) is 0. The Hall–Kier alpha value is -1.56. The zero-order valence-electron chi connectivity index (χ0n) is 13.5.